The molecule has 0 aliphatic carbocycles. The van der Waals surface area contributed by atoms with Crippen LogP contribution in [0.4, 0.5) is 0 Å². The summed E-state index contributed by atoms with van der Waals surface area (Å²) in [7, 11) is 4.18. The van der Waals surface area contributed by atoms with Crippen molar-refractivity contribution < 1.29 is 0 Å². The first-order valence-electron chi connectivity index (χ1n) is 4.38. The lowest BCUT2D eigenvalue weighted by molar-refractivity contribution is 0.437. The van der Waals surface area contributed by atoms with Gasteiger partial charge in [-0.15, -0.1) is 11.8 Å². The Labute approximate surface area is 84.4 Å². The predicted molar refractivity (Wildman–Crippen MR) is 58.3 cm³/mol. The zero-order valence-electron chi connectivity index (χ0n) is 8.45. The monoisotopic (exact) mass is 196 g/mol. The van der Waals surface area contributed by atoms with Crippen LogP contribution in [-0.4, -0.2) is 36.3 Å². The third kappa shape index (κ3) is 4.29. The summed E-state index contributed by atoms with van der Waals surface area (Å²) in [5, 5.41) is 0. The molecule has 0 amide bonds. The van der Waals surface area contributed by atoms with E-state index in [1.54, 1.807) is 0 Å². The minimum Gasteiger partial charge on any atom is -0.309 e. The summed E-state index contributed by atoms with van der Waals surface area (Å²) in [5.41, 5.74) is 1.08. The first kappa shape index (κ1) is 10.5. The van der Waals surface area contributed by atoms with Crippen LogP contribution < -0.4 is 0 Å². The number of hydrogen-bond donors (Lipinski definition) is 0. The van der Waals surface area contributed by atoms with E-state index >= 15 is 0 Å². The zero-order chi connectivity index (χ0) is 9.68. The van der Waals surface area contributed by atoms with Gasteiger partial charge in [0, 0.05) is 29.1 Å². The minimum atomic E-state index is 1.08. The van der Waals surface area contributed by atoms with E-state index in [4.69, 9.17) is 0 Å². The quantitative estimate of drug-likeness (QED) is 0.686. The van der Waals surface area contributed by atoms with Crippen LogP contribution in [0, 0.1) is 6.92 Å². The van der Waals surface area contributed by atoms with E-state index < -0.39 is 0 Å². The molecule has 0 aliphatic heterocycles. The SMILES string of the molecule is Cc1ccc(SCCN(C)C)cn1. The molecular weight excluding hydrogens is 180 g/mol. The molecule has 0 radical (unpaired) electrons. The molecule has 13 heavy (non-hydrogen) atoms. The number of rotatable bonds is 4. The molecule has 1 aromatic rings. The van der Waals surface area contributed by atoms with Gasteiger partial charge in [0.05, 0.1) is 0 Å². The van der Waals surface area contributed by atoms with Crippen LogP contribution in [0.25, 0.3) is 0 Å². The summed E-state index contributed by atoms with van der Waals surface area (Å²) in [6.45, 7) is 3.12. The Morgan fingerprint density at radius 1 is 1.38 bits per heavy atom. The molecule has 1 heterocycles. The molecule has 0 unspecified atom stereocenters. The van der Waals surface area contributed by atoms with Crippen LogP contribution in [0.15, 0.2) is 23.2 Å². The molecule has 0 fully saturated rings. The summed E-state index contributed by atoms with van der Waals surface area (Å²) in [6.07, 6.45) is 1.94. The molecule has 0 aliphatic rings. The molecule has 3 heteroatoms. The van der Waals surface area contributed by atoms with Crippen molar-refractivity contribution in [2.75, 3.05) is 26.4 Å². The van der Waals surface area contributed by atoms with Gasteiger partial charge in [-0.3, -0.25) is 4.98 Å². The summed E-state index contributed by atoms with van der Waals surface area (Å²) < 4.78 is 0. The molecule has 72 valence electrons. The third-order valence-electron chi connectivity index (χ3n) is 1.69. The second-order valence-corrected chi connectivity index (χ2v) is 4.46. The van der Waals surface area contributed by atoms with Crippen molar-refractivity contribution in [2.45, 2.75) is 11.8 Å². The van der Waals surface area contributed by atoms with Gasteiger partial charge in [-0.05, 0) is 33.2 Å². The Hall–Kier alpha value is -0.540. The summed E-state index contributed by atoms with van der Waals surface area (Å²) in [6, 6.07) is 4.18. The van der Waals surface area contributed by atoms with Crippen LogP contribution in [0.5, 0.6) is 0 Å². The van der Waals surface area contributed by atoms with E-state index in [1.807, 2.05) is 24.9 Å². The first-order chi connectivity index (χ1) is 6.18. The number of aromatic nitrogens is 1. The molecule has 0 N–H and O–H groups in total. The highest BCUT2D eigenvalue weighted by molar-refractivity contribution is 7.99. The molecule has 1 aromatic heterocycles. The molecular formula is C10H16N2S. The van der Waals surface area contributed by atoms with Crippen molar-refractivity contribution in [3.8, 4) is 0 Å². The molecule has 0 bridgehead atoms. The van der Waals surface area contributed by atoms with Crippen LogP contribution in [-0.2, 0) is 0 Å². The number of aryl methyl sites for hydroxylation is 1. The lowest BCUT2D eigenvalue weighted by atomic mass is 10.4. The number of pyridine rings is 1. The summed E-state index contributed by atoms with van der Waals surface area (Å²) in [4.78, 5) is 7.69. The van der Waals surface area contributed by atoms with E-state index in [-0.39, 0.29) is 0 Å². The fourth-order valence-electron chi connectivity index (χ4n) is 0.886. The molecule has 2 nitrogen and oxygen atoms in total. The van der Waals surface area contributed by atoms with Crippen molar-refractivity contribution in [1.29, 1.82) is 0 Å². The molecule has 0 spiro atoms. The maximum absolute atomic E-state index is 4.24. The van der Waals surface area contributed by atoms with Crippen molar-refractivity contribution >= 4 is 11.8 Å². The van der Waals surface area contributed by atoms with Crippen LogP contribution in [0.1, 0.15) is 5.69 Å². The number of thioether (sulfide) groups is 1. The smallest absolute Gasteiger partial charge is 0.0407 e. The largest absolute Gasteiger partial charge is 0.309 e. The molecule has 1 rings (SSSR count). The van der Waals surface area contributed by atoms with E-state index in [0.717, 1.165) is 18.0 Å². The lowest BCUT2D eigenvalue weighted by Gasteiger charge is -2.08. The van der Waals surface area contributed by atoms with Crippen molar-refractivity contribution in [3.05, 3.63) is 24.0 Å². The maximum Gasteiger partial charge on any atom is 0.0407 e. The Morgan fingerprint density at radius 2 is 2.15 bits per heavy atom. The standard InChI is InChI=1S/C10H16N2S/c1-9-4-5-10(8-11-9)13-7-6-12(2)3/h4-5,8H,6-7H2,1-3H3. The van der Waals surface area contributed by atoms with Crippen molar-refractivity contribution in [3.63, 3.8) is 0 Å². The Kier molecular flexibility index (Phi) is 4.25. The highest BCUT2D eigenvalue weighted by Gasteiger charge is 1.95. The van der Waals surface area contributed by atoms with E-state index in [0.29, 0.717) is 0 Å². The molecule has 0 atom stereocenters. The Morgan fingerprint density at radius 3 is 2.69 bits per heavy atom. The van der Waals surface area contributed by atoms with E-state index in [9.17, 15) is 0 Å². The second kappa shape index (κ2) is 5.25. The molecule has 0 saturated carbocycles. The van der Waals surface area contributed by atoms with Gasteiger partial charge in [0.1, 0.15) is 0 Å². The van der Waals surface area contributed by atoms with Gasteiger partial charge in [0.15, 0.2) is 0 Å². The summed E-state index contributed by atoms with van der Waals surface area (Å²) in [5.74, 6) is 1.12. The lowest BCUT2D eigenvalue weighted by Crippen LogP contribution is -2.14. The Bertz CT molecular complexity index is 244. The van der Waals surface area contributed by atoms with E-state index in [1.165, 1.54) is 4.90 Å². The third-order valence-corrected chi connectivity index (χ3v) is 2.65. The minimum absolute atomic E-state index is 1.08. The van der Waals surface area contributed by atoms with E-state index in [2.05, 4.69) is 36.1 Å². The van der Waals surface area contributed by atoms with Gasteiger partial charge in [0.25, 0.3) is 0 Å². The van der Waals surface area contributed by atoms with Gasteiger partial charge in [-0.2, -0.15) is 0 Å². The van der Waals surface area contributed by atoms with Crippen LogP contribution >= 0.6 is 11.8 Å². The fraction of sp³-hybridized carbons (Fsp3) is 0.500. The topological polar surface area (TPSA) is 16.1 Å². The van der Waals surface area contributed by atoms with Crippen LogP contribution in [0.3, 0.4) is 0 Å². The average molecular weight is 196 g/mol. The summed E-state index contributed by atoms with van der Waals surface area (Å²) >= 11 is 1.85. The van der Waals surface area contributed by atoms with Gasteiger partial charge in [0.2, 0.25) is 0 Å². The predicted octanol–water partition coefficient (Wildman–Crippen LogP) is 2.04. The molecule has 0 aromatic carbocycles. The first-order valence-corrected chi connectivity index (χ1v) is 5.37. The van der Waals surface area contributed by atoms with Crippen molar-refractivity contribution in [1.82, 2.24) is 9.88 Å². The van der Waals surface area contributed by atoms with Crippen LogP contribution in [0.2, 0.25) is 0 Å². The van der Waals surface area contributed by atoms with Gasteiger partial charge < -0.3 is 4.90 Å². The molecule has 0 saturated heterocycles. The fourth-order valence-corrected chi connectivity index (χ4v) is 1.87. The zero-order valence-corrected chi connectivity index (χ0v) is 9.27. The average Bonchev–Trinajstić information content (AvgIpc) is 2.08. The maximum atomic E-state index is 4.24. The highest BCUT2D eigenvalue weighted by Crippen LogP contribution is 2.16. The number of nitrogens with zero attached hydrogens (tertiary/aromatic N) is 2. The van der Waals surface area contributed by atoms with Gasteiger partial charge in [-0.1, -0.05) is 0 Å². The van der Waals surface area contributed by atoms with Gasteiger partial charge in [-0.25, -0.2) is 0 Å². The normalized spacial score (nSPS) is 10.8. The number of hydrogen-bond acceptors (Lipinski definition) is 3. The van der Waals surface area contributed by atoms with Crippen molar-refractivity contribution in [2.24, 2.45) is 0 Å². The Balaban J connectivity index is 2.33. The highest BCUT2D eigenvalue weighted by atomic mass is 32.2. The van der Waals surface area contributed by atoms with Gasteiger partial charge >= 0.3 is 0 Å². The second-order valence-electron chi connectivity index (χ2n) is 3.29.